The van der Waals surface area contributed by atoms with Gasteiger partial charge < -0.3 is 4.74 Å². The van der Waals surface area contributed by atoms with Gasteiger partial charge in [0.1, 0.15) is 5.75 Å². The molecule has 1 aliphatic carbocycles. The second-order valence-electron chi connectivity index (χ2n) is 6.88. The second kappa shape index (κ2) is 7.60. The zero-order valence-electron chi connectivity index (χ0n) is 15.0. The van der Waals surface area contributed by atoms with E-state index in [9.17, 15) is 14.4 Å². The van der Waals surface area contributed by atoms with Gasteiger partial charge in [0.2, 0.25) is 11.8 Å². The molecule has 1 heterocycles. The highest BCUT2D eigenvalue weighted by Crippen LogP contribution is 2.38. The number of rotatable bonds is 5. The average molecular weight is 396 g/mol. The highest BCUT2D eigenvalue weighted by atomic mass is 35.5. The first-order valence-corrected chi connectivity index (χ1v) is 9.47. The van der Waals surface area contributed by atoms with Gasteiger partial charge in [-0.15, -0.1) is 0 Å². The maximum absolute atomic E-state index is 12.7. The zero-order chi connectivity index (χ0) is 19.7. The lowest BCUT2D eigenvalue weighted by Crippen LogP contribution is -2.30. The number of halogens is 1. The number of benzene rings is 2. The lowest BCUT2D eigenvalue weighted by atomic mass is 9.85. The van der Waals surface area contributed by atoms with Crippen LogP contribution in [-0.2, 0) is 9.59 Å². The fourth-order valence-corrected chi connectivity index (χ4v) is 3.76. The minimum atomic E-state index is -0.284. The van der Waals surface area contributed by atoms with E-state index in [1.807, 2.05) is 12.2 Å². The van der Waals surface area contributed by atoms with Gasteiger partial charge in [-0.1, -0.05) is 29.8 Å². The van der Waals surface area contributed by atoms with Crippen LogP contribution in [0, 0.1) is 11.8 Å². The molecule has 2 aromatic carbocycles. The molecule has 28 heavy (non-hydrogen) atoms. The van der Waals surface area contributed by atoms with Gasteiger partial charge >= 0.3 is 0 Å². The zero-order valence-corrected chi connectivity index (χ0v) is 15.8. The fourth-order valence-electron chi connectivity index (χ4n) is 3.64. The molecule has 1 fully saturated rings. The van der Waals surface area contributed by atoms with Crippen LogP contribution in [-0.4, -0.2) is 24.2 Å². The minimum Gasteiger partial charge on any atom is -0.485 e. The van der Waals surface area contributed by atoms with Crippen molar-refractivity contribution < 1.29 is 19.1 Å². The summed E-state index contributed by atoms with van der Waals surface area (Å²) in [5.41, 5.74) is 0.975. The van der Waals surface area contributed by atoms with Gasteiger partial charge in [0.25, 0.3) is 0 Å². The Bertz CT molecular complexity index is 941. The summed E-state index contributed by atoms with van der Waals surface area (Å²) in [7, 11) is 0. The number of hydrogen-bond acceptors (Lipinski definition) is 4. The number of fused-ring (bicyclic) bond motifs is 1. The van der Waals surface area contributed by atoms with Gasteiger partial charge in [-0.3, -0.25) is 14.4 Å². The summed E-state index contributed by atoms with van der Waals surface area (Å²) in [6.45, 7) is -0.151. The van der Waals surface area contributed by atoms with Crippen LogP contribution in [0.3, 0.4) is 0 Å². The Balaban J connectivity index is 1.47. The first kappa shape index (κ1) is 18.4. The van der Waals surface area contributed by atoms with Gasteiger partial charge in [-0.2, -0.15) is 0 Å². The van der Waals surface area contributed by atoms with Crippen LogP contribution < -0.4 is 9.64 Å². The van der Waals surface area contributed by atoms with Crippen LogP contribution in [0.5, 0.6) is 5.75 Å². The van der Waals surface area contributed by atoms with Crippen molar-refractivity contribution in [3.8, 4) is 5.75 Å². The van der Waals surface area contributed by atoms with Crippen molar-refractivity contribution in [3.63, 3.8) is 0 Å². The first-order chi connectivity index (χ1) is 13.5. The highest BCUT2D eigenvalue weighted by molar-refractivity contribution is 6.30. The summed E-state index contributed by atoms with van der Waals surface area (Å²) in [4.78, 5) is 38.9. The van der Waals surface area contributed by atoms with Crippen LogP contribution >= 0.6 is 11.6 Å². The number of ether oxygens (including phenoxy) is 1. The molecule has 1 aliphatic heterocycles. The van der Waals surface area contributed by atoms with Crippen molar-refractivity contribution >= 4 is 34.9 Å². The Morgan fingerprint density at radius 2 is 1.64 bits per heavy atom. The summed E-state index contributed by atoms with van der Waals surface area (Å²) in [5.74, 6) is -0.675. The number of nitrogens with zero attached hydrogens (tertiary/aromatic N) is 1. The Morgan fingerprint density at radius 1 is 1.00 bits per heavy atom. The molecule has 0 bridgehead atoms. The smallest absolute Gasteiger partial charge is 0.238 e. The third kappa shape index (κ3) is 3.45. The summed E-state index contributed by atoms with van der Waals surface area (Å²) in [5, 5.41) is 0.556. The number of anilines is 1. The van der Waals surface area contributed by atoms with Crippen molar-refractivity contribution in [3.05, 3.63) is 71.3 Å². The number of allylic oxidation sites excluding steroid dienone is 2. The van der Waals surface area contributed by atoms with E-state index in [0.717, 1.165) is 0 Å². The quantitative estimate of drug-likeness (QED) is 0.435. The lowest BCUT2D eigenvalue weighted by molar-refractivity contribution is -0.122. The molecule has 0 radical (unpaired) electrons. The number of Topliss-reactive ketones (excluding diaryl/α,β-unsaturated/α-hetero) is 1. The number of hydrogen-bond donors (Lipinski definition) is 0. The largest absolute Gasteiger partial charge is 0.485 e. The Labute approximate surface area is 167 Å². The topological polar surface area (TPSA) is 63.7 Å². The SMILES string of the molecule is O=C(COc1cccc(N2C(=O)C3CC=CCC3C2=O)c1)c1ccc(Cl)cc1. The summed E-state index contributed by atoms with van der Waals surface area (Å²) in [6, 6.07) is 13.3. The highest BCUT2D eigenvalue weighted by Gasteiger charge is 2.47. The first-order valence-electron chi connectivity index (χ1n) is 9.09. The van der Waals surface area contributed by atoms with E-state index in [4.69, 9.17) is 16.3 Å². The molecule has 2 atom stereocenters. The van der Waals surface area contributed by atoms with E-state index in [0.29, 0.717) is 34.9 Å². The molecule has 0 aromatic heterocycles. The van der Waals surface area contributed by atoms with Crippen LogP contribution in [0.25, 0.3) is 0 Å². The van der Waals surface area contributed by atoms with E-state index in [2.05, 4.69) is 0 Å². The monoisotopic (exact) mass is 395 g/mol. The van der Waals surface area contributed by atoms with Crippen LogP contribution in [0.4, 0.5) is 5.69 Å². The van der Waals surface area contributed by atoms with Crippen LogP contribution in [0.1, 0.15) is 23.2 Å². The van der Waals surface area contributed by atoms with E-state index < -0.39 is 0 Å². The number of amides is 2. The normalized spacial score (nSPS) is 21.0. The molecular formula is C22H18ClNO4. The third-order valence-corrected chi connectivity index (χ3v) is 5.37. The number of carbonyl (C=O) groups excluding carboxylic acids is 3. The molecule has 0 N–H and O–H groups in total. The average Bonchev–Trinajstić information content (AvgIpc) is 2.98. The molecule has 6 heteroatoms. The van der Waals surface area contributed by atoms with E-state index in [1.165, 1.54) is 4.90 Å². The molecule has 0 spiro atoms. The fraction of sp³-hybridized carbons (Fsp3) is 0.227. The van der Waals surface area contributed by atoms with Crippen molar-refractivity contribution in [2.45, 2.75) is 12.8 Å². The van der Waals surface area contributed by atoms with Crippen molar-refractivity contribution in [2.75, 3.05) is 11.5 Å². The molecule has 2 aromatic rings. The van der Waals surface area contributed by atoms with E-state index >= 15 is 0 Å². The lowest BCUT2D eigenvalue weighted by Gasteiger charge is -2.16. The molecule has 0 saturated carbocycles. The van der Waals surface area contributed by atoms with E-state index in [-0.39, 0.29) is 36.0 Å². The number of ketones is 1. The maximum Gasteiger partial charge on any atom is 0.238 e. The molecule has 2 aliphatic rings. The van der Waals surface area contributed by atoms with Crippen LogP contribution in [0.2, 0.25) is 5.02 Å². The van der Waals surface area contributed by atoms with Gasteiger partial charge in [0.15, 0.2) is 12.4 Å². The molecule has 2 unspecified atom stereocenters. The minimum absolute atomic E-state index is 0.151. The van der Waals surface area contributed by atoms with Gasteiger partial charge in [0.05, 0.1) is 17.5 Å². The van der Waals surface area contributed by atoms with Crippen LogP contribution in [0.15, 0.2) is 60.7 Å². The summed E-state index contributed by atoms with van der Waals surface area (Å²) >= 11 is 5.83. The van der Waals surface area contributed by atoms with Crippen molar-refractivity contribution in [2.24, 2.45) is 11.8 Å². The molecule has 142 valence electrons. The molecule has 1 saturated heterocycles. The Kier molecular flexibility index (Phi) is 5.01. The predicted octanol–water partition coefficient (Wildman–Crippen LogP) is 4.06. The van der Waals surface area contributed by atoms with Crippen molar-refractivity contribution in [1.82, 2.24) is 0 Å². The van der Waals surface area contributed by atoms with Gasteiger partial charge in [-0.05, 0) is 49.2 Å². The summed E-state index contributed by atoms with van der Waals surface area (Å²) in [6.07, 6.45) is 5.10. The Hall–Kier alpha value is -2.92. The third-order valence-electron chi connectivity index (χ3n) is 5.12. The molecule has 2 amide bonds. The molecular weight excluding hydrogens is 378 g/mol. The second-order valence-corrected chi connectivity index (χ2v) is 7.32. The predicted molar refractivity (Wildman–Crippen MR) is 106 cm³/mol. The Morgan fingerprint density at radius 3 is 2.29 bits per heavy atom. The number of carbonyl (C=O) groups is 3. The maximum atomic E-state index is 12.7. The number of imide groups is 1. The standard InChI is InChI=1S/C22H18ClNO4/c23-15-10-8-14(9-11-15)20(25)13-28-17-5-3-4-16(12-17)24-21(26)18-6-1-2-7-19(18)22(24)27/h1-5,8-12,18-19H,6-7,13H2. The van der Waals surface area contributed by atoms with Gasteiger partial charge in [-0.25, -0.2) is 4.90 Å². The van der Waals surface area contributed by atoms with Crippen molar-refractivity contribution in [1.29, 1.82) is 0 Å². The van der Waals surface area contributed by atoms with E-state index in [1.54, 1.807) is 48.5 Å². The molecule has 4 rings (SSSR count). The molecule has 5 nitrogen and oxygen atoms in total. The summed E-state index contributed by atoms with van der Waals surface area (Å²) < 4.78 is 5.60. The van der Waals surface area contributed by atoms with Gasteiger partial charge in [0, 0.05) is 16.7 Å².